The van der Waals surface area contributed by atoms with Gasteiger partial charge in [-0.05, 0) is 50.9 Å². The SMILES string of the molecule is CO[C@@]12C3C[C@@]4(CC1(C)CO3)[C@@H]1Cc3ccc(O)c5c3[C@@]4(CCN1C)[C@H]2O5. The smallest absolute Gasteiger partial charge is 0.165 e. The van der Waals surface area contributed by atoms with E-state index in [1.54, 1.807) is 0 Å². The fraction of sp³-hybridized carbons (Fsp3) is 0.727. The van der Waals surface area contributed by atoms with E-state index < -0.39 is 5.60 Å². The van der Waals surface area contributed by atoms with Crippen molar-refractivity contribution >= 4 is 0 Å². The van der Waals surface area contributed by atoms with Crippen LogP contribution in [0.5, 0.6) is 11.5 Å². The van der Waals surface area contributed by atoms with E-state index in [1.807, 2.05) is 13.2 Å². The molecule has 27 heavy (non-hydrogen) atoms. The first-order valence-electron chi connectivity index (χ1n) is 10.3. The van der Waals surface area contributed by atoms with Gasteiger partial charge in [-0.1, -0.05) is 13.0 Å². The van der Waals surface area contributed by atoms with Crippen LogP contribution in [0.4, 0.5) is 0 Å². The molecule has 3 aliphatic heterocycles. The van der Waals surface area contributed by atoms with Crippen LogP contribution in [0.1, 0.15) is 37.3 Å². The topological polar surface area (TPSA) is 51.2 Å². The van der Waals surface area contributed by atoms with E-state index >= 15 is 0 Å². The summed E-state index contributed by atoms with van der Waals surface area (Å²) >= 11 is 0. The van der Waals surface area contributed by atoms with Gasteiger partial charge in [0.05, 0.1) is 12.7 Å². The lowest BCUT2D eigenvalue weighted by Crippen LogP contribution is -2.84. The molecule has 2 unspecified atom stereocenters. The second-order valence-electron chi connectivity index (χ2n) is 10.3. The zero-order valence-electron chi connectivity index (χ0n) is 16.2. The van der Waals surface area contributed by atoms with Crippen LogP contribution in [0.25, 0.3) is 0 Å². The Hall–Kier alpha value is -1.30. The minimum Gasteiger partial charge on any atom is -0.504 e. The van der Waals surface area contributed by atoms with Gasteiger partial charge in [-0.25, -0.2) is 0 Å². The summed E-state index contributed by atoms with van der Waals surface area (Å²) in [5, 5.41) is 10.7. The number of piperidine rings is 1. The Bertz CT molecular complexity index is 903. The van der Waals surface area contributed by atoms with Gasteiger partial charge in [0, 0.05) is 35.0 Å². The van der Waals surface area contributed by atoms with E-state index in [4.69, 9.17) is 14.2 Å². The standard InChI is InChI=1S/C22H27NO4/c1-19-10-20-9-15(26-11-19)22(19,25-3)18-21(20)6-7-23(2)14(20)8-12-4-5-13(24)17(27-18)16(12)21/h4-5,14-15,18,24H,6-11H2,1-3H3/t14-,15?,18+,19?,20+,21-,22+/m0/s1. The first kappa shape index (κ1) is 15.6. The first-order chi connectivity index (χ1) is 12.9. The van der Waals surface area contributed by atoms with E-state index in [0.717, 1.165) is 44.6 Å². The van der Waals surface area contributed by atoms with Crippen molar-refractivity contribution in [3.05, 3.63) is 23.3 Å². The molecule has 0 amide bonds. The highest BCUT2D eigenvalue weighted by atomic mass is 16.6. The molecular weight excluding hydrogens is 342 g/mol. The Kier molecular flexibility index (Phi) is 2.41. The van der Waals surface area contributed by atoms with Crippen LogP contribution in [0.3, 0.4) is 0 Å². The molecule has 7 aliphatic rings. The third-order valence-corrected chi connectivity index (χ3v) is 9.69. The number of phenolic OH excluding ortho intramolecular Hbond substituents is 1. The summed E-state index contributed by atoms with van der Waals surface area (Å²) in [6.07, 6.45) is 4.27. The van der Waals surface area contributed by atoms with Crippen LogP contribution in [-0.4, -0.2) is 61.2 Å². The van der Waals surface area contributed by atoms with Crippen molar-refractivity contribution in [3.63, 3.8) is 0 Å². The van der Waals surface area contributed by atoms with Crippen LogP contribution < -0.4 is 4.74 Å². The molecular formula is C22H27NO4. The maximum Gasteiger partial charge on any atom is 0.165 e. The molecule has 7 atom stereocenters. The Labute approximate surface area is 159 Å². The van der Waals surface area contributed by atoms with Crippen molar-refractivity contribution in [3.8, 4) is 11.5 Å². The Morgan fingerprint density at radius 2 is 2.19 bits per heavy atom. The molecule has 2 spiro atoms. The number of ether oxygens (including phenoxy) is 3. The normalized spacial score (nSPS) is 53.4. The quantitative estimate of drug-likeness (QED) is 0.823. The highest BCUT2D eigenvalue weighted by Gasteiger charge is 2.87. The van der Waals surface area contributed by atoms with Crippen LogP contribution in [-0.2, 0) is 21.3 Å². The predicted octanol–water partition coefficient (Wildman–Crippen LogP) is 2.24. The van der Waals surface area contributed by atoms with Crippen LogP contribution in [0, 0.1) is 10.8 Å². The summed E-state index contributed by atoms with van der Waals surface area (Å²) in [6.45, 7) is 4.17. The highest BCUT2D eigenvalue weighted by Crippen LogP contribution is 2.80. The molecule has 5 fully saturated rings. The summed E-state index contributed by atoms with van der Waals surface area (Å²) in [6, 6.07) is 4.46. The van der Waals surface area contributed by atoms with Crippen molar-refractivity contribution < 1.29 is 19.3 Å². The fourth-order valence-corrected chi connectivity index (χ4v) is 8.97. The largest absolute Gasteiger partial charge is 0.504 e. The van der Waals surface area contributed by atoms with Gasteiger partial charge in [0.2, 0.25) is 0 Å². The van der Waals surface area contributed by atoms with Crippen molar-refractivity contribution in [2.45, 2.75) is 61.9 Å². The van der Waals surface area contributed by atoms with Crippen LogP contribution in [0.2, 0.25) is 0 Å². The average molecular weight is 369 g/mol. The molecule has 1 N–H and O–H groups in total. The molecule has 3 saturated carbocycles. The fourth-order valence-electron chi connectivity index (χ4n) is 8.97. The van der Waals surface area contributed by atoms with E-state index in [0.29, 0.717) is 6.04 Å². The monoisotopic (exact) mass is 369 g/mol. The molecule has 6 bridgehead atoms. The highest BCUT2D eigenvalue weighted by molar-refractivity contribution is 5.64. The van der Waals surface area contributed by atoms with Crippen molar-refractivity contribution in [1.82, 2.24) is 4.90 Å². The number of likely N-dealkylation sites (tertiary alicyclic amines) is 1. The van der Waals surface area contributed by atoms with E-state index in [-0.39, 0.29) is 34.2 Å². The third-order valence-electron chi connectivity index (χ3n) is 9.69. The minimum atomic E-state index is -0.435. The van der Waals surface area contributed by atoms with Gasteiger partial charge in [-0.2, -0.15) is 0 Å². The van der Waals surface area contributed by atoms with E-state index in [9.17, 15) is 5.11 Å². The maximum absolute atomic E-state index is 10.7. The van der Waals surface area contributed by atoms with E-state index in [2.05, 4.69) is 24.9 Å². The number of rotatable bonds is 1. The number of methoxy groups -OCH3 is 1. The summed E-state index contributed by atoms with van der Waals surface area (Å²) < 4.78 is 19.6. The molecule has 1 aromatic carbocycles. The Morgan fingerprint density at radius 1 is 1.33 bits per heavy atom. The van der Waals surface area contributed by atoms with Gasteiger partial charge in [0.15, 0.2) is 11.5 Å². The molecule has 1 aromatic rings. The Balaban J connectivity index is 1.62. The molecule has 0 aromatic heterocycles. The van der Waals surface area contributed by atoms with Gasteiger partial charge in [-0.15, -0.1) is 0 Å². The van der Waals surface area contributed by atoms with Gasteiger partial charge >= 0.3 is 0 Å². The second kappa shape index (κ2) is 4.17. The van der Waals surface area contributed by atoms with Crippen LogP contribution >= 0.6 is 0 Å². The molecule has 5 nitrogen and oxygen atoms in total. The minimum absolute atomic E-state index is 0.0512. The maximum atomic E-state index is 10.7. The summed E-state index contributed by atoms with van der Waals surface area (Å²) in [4.78, 5) is 2.59. The van der Waals surface area contributed by atoms with Gasteiger partial charge in [0.1, 0.15) is 11.7 Å². The lowest BCUT2D eigenvalue weighted by molar-refractivity contribution is -0.302. The lowest BCUT2D eigenvalue weighted by Gasteiger charge is -2.75. The zero-order chi connectivity index (χ0) is 18.4. The third kappa shape index (κ3) is 1.23. The molecule has 144 valence electrons. The first-order valence-corrected chi connectivity index (χ1v) is 10.3. The predicted molar refractivity (Wildman–Crippen MR) is 98.2 cm³/mol. The summed E-state index contributed by atoms with van der Waals surface area (Å²) in [5.41, 5.74) is 2.25. The van der Waals surface area contributed by atoms with Crippen molar-refractivity contribution in [1.29, 1.82) is 0 Å². The number of nitrogens with zero attached hydrogens (tertiary/aromatic N) is 1. The molecule has 3 heterocycles. The Morgan fingerprint density at radius 3 is 2.96 bits per heavy atom. The molecule has 2 saturated heterocycles. The lowest BCUT2D eigenvalue weighted by atomic mass is 9.32. The molecule has 4 aliphatic carbocycles. The number of aromatic hydroxyl groups is 1. The number of benzene rings is 1. The van der Waals surface area contributed by atoms with Crippen LogP contribution in [0.15, 0.2) is 12.1 Å². The van der Waals surface area contributed by atoms with Gasteiger partial charge < -0.3 is 24.2 Å². The molecule has 8 rings (SSSR count). The number of likely N-dealkylation sites (N-methyl/N-ethyl adjacent to an activating group) is 1. The average Bonchev–Trinajstić information content (AvgIpc) is 3.08. The van der Waals surface area contributed by atoms with Crippen molar-refractivity contribution in [2.75, 3.05) is 27.3 Å². The number of phenols is 1. The number of hydrogen-bond donors (Lipinski definition) is 1. The summed E-state index contributed by atoms with van der Waals surface area (Å²) in [7, 11) is 4.14. The number of hydrogen-bond acceptors (Lipinski definition) is 5. The molecule has 5 heteroatoms. The van der Waals surface area contributed by atoms with E-state index in [1.165, 1.54) is 11.1 Å². The van der Waals surface area contributed by atoms with Gasteiger partial charge in [-0.3, -0.25) is 0 Å². The van der Waals surface area contributed by atoms with Gasteiger partial charge in [0.25, 0.3) is 0 Å². The molecule has 0 radical (unpaired) electrons. The van der Waals surface area contributed by atoms with Crippen molar-refractivity contribution in [2.24, 2.45) is 10.8 Å². The summed E-state index contributed by atoms with van der Waals surface area (Å²) in [5.74, 6) is 1.02. The second-order valence-corrected chi connectivity index (χ2v) is 10.3. The zero-order valence-corrected chi connectivity index (χ0v) is 16.2.